The number of anilines is 1. The molecular weight excluding hydrogens is 508 g/mol. The van der Waals surface area contributed by atoms with Crippen molar-refractivity contribution in [1.82, 2.24) is 15.2 Å². The van der Waals surface area contributed by atoms with Gasteiger partial charge in [-0.05, 0) is 87.0 Å². The van der Waals surface area contributed by atoms with Crippen LogP contribution >= 0.6 is 23.4 Å². The molecule has 3 aromatic carbocycles. The lowest BCUT2D eigenvalue weighted by Gasteiger charge is -2.12. The average Bonchev–Trinajstić information content (AvgIpc) is 2.91. The van der Waals surface area contributed by atoms with Crippen LogP contribution in [0.25, 0.3) is 22.5 Å². The van der Waals surface area contributed by atoms with Gasteiger partial charge in [-0.25, -0.2) is 4.98 Å². The second-order valence-corrected chi connectivity index (χ2v) is 9.31. The van der Waals surface area contributed by atoms with E-state index in [1.807, 2.05) is 75.4 Å². The monoisotopic (exact) mass is 534 g/mol. The van der Waals surface area contributed by atoms with E-state index in [2.05, 4.69) is 15.5 Å². The molecule has 4 aromatic rings. The number of nitrogens with zero attached hydrogens (tertiary/aromatic N) is 3. The molecule has 0 aliphatic heterocycles. The summed E-state index contributed by atoms with van der Waals surface area (Å²) >= 11 is 7.38. The minimum absolute atomic E-state index is 0.124. The number of rotatable bonds is 10. The number of thioether (sulfide) groups is 1. The molecule has 0 saturated carbocycles. The second-order valence-electron chi connectivity index (χ2n) is 7.96. The first-order valence-electron chi connectivity index (χ1n) is 11.9. The normalized spacial score (nSPS) is 10.7. The lowest BCUT2D eigenvalue weighted by Crippen LogP contribution is -2.15. The summed E-state index contributed by atoms with van der Waals surface area (Å²) in [5.41, 5.74) is 4.52. The van der Waals surface area contributed by atoms with Crippen LogP contribution in [0.2, 0.25) is 5.02 Å². The number of nitrogens with one attached hydrogen (secondary N) is 1. The molecular formula is C28H27ClN4O3S. The van der Waals surface area contributed by atoms with E-state index in [9.17, 15) is 4.79 Å². The number of carbonyl (C=O) groups excluding carboxylic acids is 1. The largest absolute Gasteiger partial charge is 0.494 e. The minimum Gasteiger partial charge on any atom is -0.494 e. The third kappa shape index (κ3) is 6.78. The van der Waals surface area contributed by atoms with Gasteiger partial charge in [-0.2, -0.15) is 0 Å². The first-order valence-corrected chi connectivity index (χ1v) is 13.2. The smallest absolute Gasteiger partial charge is 0.234 e. The molecule has 0 spiro atoms. The van der Waals surface area contributed by atoms with Crippen molar-refractivity contribution in [3.63, 3.8) is 0 Å². The Bertz CT molecular complexity index is 1370. The zero-order valence-corrected chi connectivity index (χ0v) is 22.4. The number of hydrogen-bond acceptors (Lipinski definition) is 7. The lowest BCUT2D eigenvalue weighted by atomic mass is 10.0. The van der Waals surface area contributed by atoms with E-state index in [0.717, 1.165) is 28.2 Å². The van der Waals surface area contributed by atoms with Crippen molar-refractivity contribution in [2.24, 2.45) is 0 Å². The molecule has 1 aromatic heterocycles. The Morgan fingerprint density at radius 2 is 1.46 bits per heavy atom. The van der Waals surface area contributed by atoms with Crippen LogP contribution in [-0.4, -0.2) is 40.1 Å². The molecule has 190 valence electrons. The van der Waals surface area contributed by atoms with Gasteiger partial charge in [0, 0.05) is 21.8 Å². The maximum atomic E-state index is 12.6. The highest BCUT2D eigenvalue weighted by molar-refractivity contribution is 7.99. The van der Waals surface area contributed by atoms with E-state index in [-0.39, 0.29) is 11.7 Å². The van der Waals surface area contributed by atoms with Crippen LogP contribution in [0.5, 0.6) is 11.5 Å². The van der Waals surface area contributed by atoms with Crippen LogP contribution in [0, 0.1) is 6.92 Å². The highest BCUT2D eigenvalue weighted by Crippen LogP contribution is 2.32. The molecule has 9 heteroatoms. The summed E-state index contributed by atoms with van der Waals surface area (Å²) in [4.78, 5) is 17.4. The predicted molar refractivity (Wildman–Crippen MR) is 149 cm³/mol. The van der Waals surface area contributed by atoms with Gasteiger partial charge in [0.25, 0.3) is 0 Å². The molecule has 7 nitrogen and oxygen atoms in total. The van der Waals surface area contributed by atoms with Crippen LogP contribution in [-0.2, 0) is 4.79 Å². The molecule has 37 heavy (non-hydrogen) atoms. The average molecular weight is 535 g/mol. The fourth-order valence-corrected chi connectivity index (χ4v) is 4.34. The number of halogens is 1. The van der Waals surface area contributed by atoms with Gasteiger partial charge in [-0.15, -0.1) is 10.2 Å². The van der Waals surface area contributed by atoms with Crippen LogP contribution < -0.4 is 14.8 Å². The summed E-state index contributed by atoms with van der Waals surface area (Å²) in [5.74, 6) is 1.50. The number of aromatic nitrogens is 3. The Balaban J connectivity index is 1.59. The topological polar surface area (TPSA) is 86.2 Å². The van der Waals surface area contributed by atoms with Crippen molar-refractivity contribution < 1.29 is 14.3 Å². The van der Waals surface area contributed by atoms with Gasteiger partial charge in [0.15, 0.2) is 0 Å². The highest BCUT2D eigenvalue weighted by Gasteiger charge is 2.16. The Kier molecular flexibility index (Phi) is 8.98. The summed E-state index contributed by atoms with van der Waals surface area (Å²) < 4.78 is 11.1. The predicted octanol–water partition coefficient (Wildman–Crippen LogP) is 6.70. The number of amides is 1. The van der Waals surface area contributed by atoms with Gasteiger partial charge < -0.3 is 14.8 Å². The molecule has 1 heterocycles. The Labute approximate surface area is 225 Å². The maximum Gasteiger partial charge on any atom is 0.234 e. The number of benzene rings is 3. The van der Waals surface area contributed by atoms with Crippen LogP contribution in [0.4, 0.5) is 5.69 Å². The number of hydrogen-bond donors (Lipinski definition) is 1. The molecule has 1 N–H and O–H groups in total. The zero-order valence-electron chi connectivity index (χ0n) is 20.8. The van der Waals surface area contributed by atoms with Gasteiger partial charge in [-0.3, -0.25) is 4.79 Å². The second kappa shape index (κ2) is 12.6. The minimum atomic E-state index is -0.183. The molecule has 0 atom stereocenters. The van der Waals surface area contributed by atoms with Crippen molar-refractivity contribution in [2.45, 2.75) is 25.9 Å². The molecule has 0 saturated heterocycles. The van der Waals surface area contributed by atoms with Gasteiger partial charge >= 0.3 is 0 Å². The van der Waals surface area contributed by atoms with E-state index in [1.54, 1.807) is 12.1 Å². The Morgan fingerprint density at radius 3 is 2.05 bits per heavy atom. The fourth-order valence-electron chi connectivity index (χ4n) is 3.58. The summed E-state index contributed by atoms with van der Waals surface area (Å²) in [6.07, 6.45) is 0. The summed E-state index contributed by atoms with van der Waals surface area (Å²) in [6.45, 7) is 6.93. The van der Waals surface area contributed by atoms with Gasteiger partial charge in [0.05, 0.1) is 19.0 Å². The van der Waals surface area contributed by atoms with Crippen molar-refractivity contribution in [1.29, 1.82) is 0 Å². The van der Waals surface area contributed by atoms with Crippen molar-refractivity contribution in [3.8, 4) is 34.0 Å². The number of ether oxygens (including phenoxy) is 2. The SMILES string of the molecule is CCOc1ccc(-c2nnc(SCC(=O)Nc3cccc(Cl)c3C)nc2-c2ccc(OCC)cc2)cc1. The van der Waals surface area contributed by atoms with Crippen LogP contribution in [0.3, 0.4) is 0 Å². The number of carbonyl (C=O) groups is 1. The first kappa shape index (κ1) is 26.4. The zero-order chi connectivity index (χ0) is 26.2. The maximum absolute atomic E-state index is 12.6. The van der Waals surface area contributed by atoms with Crippen molar-refractivity contribution >= 4 is 35.0 Å². The Hall–Kier alpha value is -3.62. The van der Waals surface area contributed by atoms with E-state index < -0.39 is 0 Å². The molecule has 4 rings (SSSR count). The summed E-state index contributed by atoms with van der Waals surface area (Å²) in [7, 11) is 0. The third-order valence-corrected chi connectivity index (χ3v) is 6.67. The lowest BCUT2D eigenvalue weighted by molar-refractivity contribution is -0.113. The molecule has 0 bridgehead atoms. The summed E-state index contributed by atoms with van der Waals surface area (Å²) in [5, 5.41) is 12.7. The fraction of sp³-hybridized carbons (Fsp3) is 0.214. The van der Waals surface area contributed by atoms with Gasteiger partial charge in [0.1, 0.15) is 22.9 Å². The molecule has 0 aliphatic carbocycles. The first-order chi connectivity index (χ1) is 18.0. The highest BCUT2D eigenvalue weighted by atomic mass is 35.5. The summed E-state index contributed by atoms with van der Waals surface area (Å²) in [6, 6.07) is 20.7. The molecule has 0 radical (unpaired) electrons. The van der Waals surface area contributed by atoms with E-state index in [0.29, 0.717) is 40.5 Å². The molecule has 0 aliphatic rings. The molecule has 0 fully saturated rings. The van der Waals surface area contributed by atoms with Gasteiger partial charge in [0.2, 0.25) is 11.1 Å². The van der Waals surface area contributed by atoms with E-state index in [4.69, 9.17) is 26.1 Å². The molecule has 0 unspecified atom stereocenters. The molecule has 1 amide bonds. The van der Waals surface area contributed by atoms with Crippen molar-refractivity contribution in [2.75, 3.05) is 24.3 Å². The van der Waals surface area contributed by atoms with E-state index >= 15 is 0 Å². The van der Waals surface area contributed by atoms with E-state index in [1.165, 1.54) is 11.8 Å². The quantitative estimate of drug-likeness (QED) is 0.227. The Morgan fingerprint density at radius 1 is 0.865 bits per heavy atom. The van der Waals surface area contributed by atoms with Crippen LogP contribution in [0.1, 0.15) is 19.4 Å². The standard InChI is InChI=1S/C28H27ClN4O3S/c1-4-35-21-13-9-19(10-14-21)26-27(20-11-15-22(16-12-20)36-5-2)32-33-28(31-26)37-17-25(34)30-24-8-6-7-23(29)18(24)3/h6-16H,4-5,17H2,1-3H3,(H,30,34). The van der Waals surface area contributed by atoms with Crippen LogP contribution in [0.15, 0.2) is 71.9 Å². The van der Waals surface area contributed by atoms with Crippen molar-refractivity contribution in [3.05, 3.63) is 77.3 Å². The third-order valence-electron chi connectivity index (χ3n) is 5.42. The van der Waals surface area contributed by atoms with Gasteiger partial charge in [-0.1, -0.05) is 29.4 Å².